The molecule has 1 aliphatic rings. The van der Waals surface area contributed by atoms with E-state index >= 15 is 0 Å². The summed E-state index contributed by atoms with van der Waals surface area (Å²) < 4.78 is 15.8. The van der Waals surface area contributed by atoms with Crippen molar-refractivity contribution < 1.29 is 23.6 Å². The Balaban J connectivity index is 1.26. The summed E-state index contributed by atoms with van der Waals surface area (Å²) in [7, 11) is 1.65. The third-order valence-corrected chi connectivity index (χ3v) is 5.18. The van der Waals surface area contributed by atoms with E-state index in [2.05, 4.69) is 10.1 Å². The maximum atomic E-state index is 12.5. The number of carbonyl (C=O) groups excluding carboxylic acids is 2. The van der Waals surface area contributed by atoms with Crippen LogP contribution >= 0.6 is 0 Å². The lowest BCUT2D eigenvalue weighted by Crippen LogP contribution is -2.50. The highest BCUT2D eigenvalue weighted by molar-refractivity contribution is 5.85. The highest BCUT2D eigenvalue weighted by Gasteiger charge is 2.24. The van der Waals surface area contributed by atoms with Crippen LogP contribution in [0.25, 0.3) is 11.0 Å². The summed E-state index contributed by atoms with van der Waals surface area (Å²) in [5.74, 6) is 0.106. The van der Waals surface area contributed by atoms with Gasteiger partial charge in [-0.1, -0.05) is 29.4 Å². The second-order valence-corrected chi connectivity index (χ2v) is 7.00. The number of hydrogen-bond acceptors (Lipinski definition) is 7. The molecule has 1 aliphatic heterocycles. The standard InChI is InChI=1S/C22H23N3O5/c1-28-20-9-5-3-7-18(20)24-10-12-25(13-11-24)21(26)15-29-22(27)14-17-16-6-2-4-8-19(16)30-23-17/h2-9H,10-15H2,1H3. The van der Waals surface area contributed by atoms with Crippen LogP contribution in [0.2, 0.25) is 0 Å². The Labute approximate surface area is 173 Å². The smallest absolute Gasteiger partial charge is 0.312 e. The summed E-state index contributed by atoms with van der Waals surface area (Å²) >= 11 is 0. The number of para-hydroxylation sites is 3. The van der Waals surface area contributed by atoms with E-state index in [4.69, 9.17) is 14.0 Å². The van der Waals surface area contributed by atoms with Gasteiger partial charge in [-0.05, 0) is 24.3 Å². The highest BCUT2D eigenvalue weighted by atomic mass is 16.5. The van der Waals surface area contributed by atoms with Crippen molar-refractivity contribution in [2.24, 2.45) is 0 Å². The lowest BCUT2D eigenvalue weighted by molar-refractivity contribution is -0.151. The second-order valence-electron chi connectivity index (χ2n) is 7.00. The molecular formula is C22H23N3O5. The van der Waals surface area contributed by atoms with Crippen LogP contribution in [0.4, 0.5) is 5.69 Å². The summed E-state index contributed by atoms with van der Waals surface area (Å²) in [6.07, 6.45) is -0.0358. The van der Waals surface area contributed by atoms with Crippen LogP contribution in [0.3, 0.4) is 0 Å². The Morgan fingerprint density at radius 3 is 2.57 bits per heavy atom. The SMILES string of the molecule is COc1ccccc1N1CCN(C(=O)COC(=O)Cc2noc3ccccc23)CC1. The van der Waals surface area contributed by atoms with E-state index in [-0.39, 0.29) is 18.9 Å². The minimum atomic E-state index is -0.505. The van der Waals surface area contributed by atoms with E-state index < -0.39 is 5.97 Å². The van der Waals surface area contributed by atoms with Crippen LogP contribution < -0.4 is 9.64 Å². The lowest BCUT2D eigenvalue weighted by atomic mass is 10.2. The summed E-state index contributed by atoms with van der Waals surface area (Å²) in [4.78, 5) is 28.5. The lowest BCUT2D eigenvalue weighted by Gasteiger charge is -2.36. The second kappa shape index (κ2) is 8.86. The van der Waals surface area contributed by atoms with E-state index in [1.807, 2.05) is 42.5 Å². The van der Waals surface area contributed by atoms with Gasteiger partial charge in [-0.3, -0.25) is 9.59 Å². The van der Waals surface area contributed by atoms with E-state index in [0.717, 1.165) is 16.8 Å². The molecule has 1 fully saturated rings. The molecule has 0 atom stereocenters. The first-order valence-corrected chi connectivity index (χ1v) is 9.80. The Morgan fingerprint density at radius 2 is 1.77 bits per heavy atom. The Bertz CT molecular complexity index is 1040. The number of benzene rings is 2. The number of nitrogens with zero attached hydrogens (tertiary/aromatic N) is 3. The number of esters is 1. The Kier molecular flexibility index (Phi) is 5.83. The topological polar surface area (TPSA) is 85.1 Å². The van der Waals surface area contributed by atoms with Gasteiger partial charge in [-0.25, -0.2) is 0 Å². The third kappa shape index (κ3) is 4.22. The van der Waals surface area contributed by atoms with Crippen LogP contribution in [0.15, 0.2) is 53.1 Å². The van der Waals surface area contributed by atoms with Gasteiger partial charge >= 0.3 is 5.97 Å². The summed E-state index contributed by atoms with van der Waals surface area (Å²) in [6.45, 7) is 2.21. The van der Waals surface area contributed by atoms with E-state index in [0.29, 0.717) is 37.5 Å². The number of rotatable bonds is 6. The molecule has 3 aromatic rings. The molecule has 0 saturated carbocycles. The molecule has 0 radical (unpaired) electrons. The molecule has 0 aliphatic carbocycles. The average Bonchev–Trinajstić information content (AvgIpc) is 3.20. The number of fused-ring (bicyclic) bond motifs is 1. The van der Waals surface area contributed by atoms with Gasteiger partial charge in [0, 0.05) is 31.6 Å². The molecule has 2 aromatic carbocycles. The number of amides is 1. The molecule has 0 unspecified atom stereocenters. The molecule has 8 heteroatoms. The van der Waals surface area contributed by atoms with Crippen LogP contribution in [-0.2, 0) is 20.7 Å². The van der Waals surface area contributed by atoms with Crippen molar-refractivity contribution in [3.63, 3.8) is 0 Å². The molecule has 1 aromatic heterocycles. The van der Waals surface area contributed by atoms with Gasteiger partial charge in [-0.15, -0.1) is 0 Å². The quantitative estimate of drug-likeness (QED) is 0.578. The zero-order valence-corrected chi connectivity index (χ0v) is 16.7. The number of ether oxygens (including phenoxy) is 2. The third-order valence-electron chi connectivity index (χ3n) is 5.18. The van der Waals surface area contributed by atoms with Gasteiger partial charge in [0.1, 0.15) is 11.4 Å². The first-order valence-electron chi connectivity index (χ1n) is 9.80. The van der Waals surface area contributed by atoms with Crippen LogP contribution in [-0.4, -0.2) is 61.8 Å². The number of methoxy groups -OCH3 is 1. The first-order chi connectivity index (χ1) is 14.7. The summed E-state index contributed by atoms with van der Waals surface area (Å²) in [5, 5.41) is 4.69. The molecule has 0 spiro atoms. The molecule has 0 N–H and O–H groups in total. The molecule has 0 bridgehead atoms. The van der Waals surface area contributed by atoms with Gasteiger partial charge < -0.3 is 23.8 Å². The van der Waals surface area contributed by atoms with E-state index in [1.165, 1.54) is 0 Å². The van der Waals surface area contributed by atoms with Crippen LogP contribution in [0, 0.1) is 0 Å². The number of hydrogen-bond donors (Lipinski definition) is 0. The fourth-order valence-electron chi connectivity index (χ4n) is 3.57. The molecule has 1 saturated heterocycles. The maximum absolute atomic E-state index is 12.5. The average molecular weight is 409 g/mol. The maximum Gasteiger partial charge on any atom is 0.312 e. The first kappa shape index (κ1) is 19.8. The van der Waals surface area contributed by atoms with E-state index in [1.54, 1.807) is 18.1 Å². The molecule has 1 amide bonds. The predicted octanol–water partition coefficient (Wildman–Crippen LogP) is 2.27. The van der Waals surface area contributed by atoms with Crippen LogP contribution in [0.1, 0.15) is 5.69 Å². The molecule has 2 heterocycles. The number of anilines is 1. The molecule has 30 heavy (non-hydrogen) atoms. The van der Waals surface area contributed by atoms with Crippen molar-refractivity contribution in [3.8, 4) is 5.75 Å². The minimum Gasteiger partial charge on any atom is -0.495 e. The zero-order chi connectivity index (χ0) is 20.9. The van der Waals surface area contributed by atoms with Crippen LogP contribution in [0.5, 0.6) is 5.75 Å². The minimum absolute atomic E-state index is 0.0358. The van der Waals surface area contributed by atoms with Crippen molar-refractivity contribution in [2.75, 3.05) is 44.8 Å². The van der Waals surface area contributed by atoms with E-state index in [9.17, 15) is 9.59 Å². The normalized spacial score (nSPS) is 14.0. The highest BCUT2D eigenvalue weighted by Crippen LogP contribution is 2.28. The number of carbonyl (C=O) groups is 2. The molecule has 4 rings (SSSR count). The predicted molar refractivity (Wildman–Crippen MR) is 110 cm³/mol. The Morgan fingerprint density at radius 1 is 1.03 bits per heavy atom. The van der Waals surface area contributed by atoms with Crippen molar-refractivity contribution in [1.29, 1.82) is 0 Å². The largest absolute Gasteiger partial charge is 0.495 e. The molecular weight excluding hydrogens is 386 g/mol. The van der Waals surface area contributed by atoms with Crippen molar-refractivity contribution in [2.45, 2.75) is 6.42 Å². The Hall–Kier alpha value is -3.55. The number of piperazine rings is 1. The van der Waals surface area contributed by atoms with Gasteiger partial charge in [0.15, 0.2) is 12.2 Å². The number of aromatic nitrogens is 1. The van der Waals surface area contributed by atoms with Gasteiger partial charge in [0.25, 0.3) is 5.91 Å². The van der Waals surface area contributed by atoms with Crippen molar-refractivity contribution in [3.05, 3.63) is 54.2 Å². The van der Waals surface area contributed by atoms with Gasteiger partial charge in [0.05, 0.1) is 19.2 Å². The van der Waals surface area contributed by atoms with Gasteiger partial charge in [-0.2, -0.15) is 0 Å². The monoisotopic (exact) mass is 409 g/mol. The zero-order valence-electron chi connectivity index (χ0n) is 16.7. The van der Waals surface area contributed by atoms with Crippen molar-refractivity contribution >= 4 is 28.5 Å². The fourth-order valence-corrected chi connectivity index (χ4v) is 3.57. The van der Waals surface area contributed by atoms with Crippen molar-refractivity contribution in [1.82, 2.24) is 10.1 Å². The molecule has 8 nitrogen and oxygen atoms in total. The molecule has 156 valence electrons. The summed E-state index contributed by atoms with van der Waals surface area (Å²) in [6, 6.07) is 15.1. The van der Waals surface area contributed by atoms with Gasteiger partial charge in [0.2, 0.25) is 0 Å². The summed E-state index contributed by atoms with van der Waals surface area (Å²) in [5.41, 5.74) is 2.14. The fraction of sp³-hybridized carbons (Fsp3) is 0.318.